The molecular weight excluding hydrogens is 506 g/mol. The van der Waals surface area contributed by atoms with E-state index in [0.29, 0.717) is 34.8 Å². The van der Waals surface area contributed by atoms with Crippen LogP contribution in [0.5, 0.6) is 0 Å². The summed E-state index contributed by atoms with van der Waals surface area (Å²) >= 11 is 6.05. The second kappa shape index (κ2) is 11.5. The smallest absolute Gasteiger partial charge is 0.278 e. The summed E-state index contributed by atoms with van der Waals surface area (Å²) in [7, 11) is 0. The number of hydrogen-bond acceptors (Lipinski definition) is 5. The minimum Gasteiger partial charge on any atom is -0.373 e. The van der Waals surface area contributed by atoms with Crippen LogP contribution in [0.1, 0.15) is 24.5 Å². The van der Waals surface area contributed by atoms with Gasteiger partial charge in [0.05, 0.1) is 17.3 Å². The predicted octanol–water partition coefficient (Wildman–Crippen LogP) is 6.10. The minimum atomic E-state index is -2.70. The van der Waals surface area contributed by atoms with Gasteiger partial charge in [0.1, 0.15) is 17.3 Å². The molecule has 1 saturated heterocycles. The van der Waals surface area contributed by atoms with Crippen LogP contribution in [0.2, 0.25) is 5.02 Å². The largest absolute Gasteiger partial charge is 0.373 e. The van der Waals surface area contributed by atoms with Crippen LogP contribution in [0, 0.1) is 11.6 Å². The molecule has 2 aliphatic rings. The van der Waals surface area contributed by atoms with Gasteiger partial charge in [-0.3, -0.25) is 4.90 Å². The minimum absolute atomic E-state index is 0.0460. The van der Waals surface area contributed by atoms with Crippen LogP contribution in [0.4, 0.5) is 23.2 Å². The zero-order valence-electron chi connectivity index (χ0n) is 20.5. The number of hydrogen-bond donors (Lipinski definition) is 0. The van der Waals surface area contributed by atoms with Crippen molar-refractivity contribution in [3.63, 3.8) is 0 Å². The van der Waals surface area contributed by atoms with Crippen LogP contribution in [0.25, 0.3) is 0 Å². The van der Waals surface area contributed by atoms with E-state index in [1.165, 1.54) is 18.2 Å². The molecule has 4 rings (SSSR count). The van der Waals surface area contributed by atoms with Crippen molar-refractivity contribution in [2.75, 3.05) is 37.6 Å². The van der Waals surface area contributed by atoms with Gasteiger partial charge in [0.25, 0.3) is 6.43 Å². The molecule has 0 radical (unpaired) electrons. The van der Waals surface area contributed by atoms with Gasteiger partial charge in [0.2, 0.25) is 0 Å². The zero-order valence-corrected chi connectivity index (χ0v) is 21.3. The van der Waals surface area contributed by atoms with Gasteiger partial charge in [-0.25, -0.2) is 17.6 Å². The van der Waals surface area contributed by atoms with Gasteiger partial charge in [-0.05, 0) is 31.2 Å². The van der Waals surface area contributed by atoms with Crippen LogP contribution < -0.4 is 4.90 Å². The Morgan fingerprint density at radius 2 is 1.76 bits per heavy atom. The number of piperazine rings is 1. The molecule has 0 atom stereocenters. The maximum absolute atomic E-state index is 15.2. The third-order valence-electron chi connectivity index (χ3n) is 6.53. The number of alkyl halides is 2. The first-order valence-corrected chi connectivity index (χ1v) is 12.2. The van der Waals surface area contributed by atoms with Gasteiger partial charge in [0.15, 0.2) is 0 Å². The molecule has 0 aromatic heterocycles. The van der Waals surface area contributed by atoms with Crippen molar-refractivity contribution in [3.8, 4) is 0 Å². The highest BCUT2D eigenvalue weighted by Gasteiger charge is 2.24. The van der Waals surface area contributed by atoms with Gasteiger partial charge < -0.3 is 9.80 Å². The molecule has 2 aromatic rings. The summed E-state index contributed by atoms with van der Waals surface area (Å²) in [6.07, 6.45) is -2.82. The molecule has 0 saturated carbocycles. The Bertz CT molecular complexity index is 1250. The number of allylic oxidation sites excluding steroid dienone is 1. The topological polar surface area (TPSA) is 34.4 Å². The molecule has 2 aromatic carbocycles. The van der Waals surface area contributed by atoms with E-state index in [1.54, 1.807) is 23.1 Å². The summed E-state index contributed by atoms with van der Waals surface area (Å²) in [5.74, 6) is -1.07. The SMILES string of the molecule is C=C(C)N1CCN(CC(=C)N(Cc2ccc(C3=NN=C(C(F)F)C3)cc2F)c2ccc(F)c(Cl)c2)CC1. The molecule has 0 aliphatic carbocycles. The maximum Gasteiger partial charge on any atom is 0.278 e. The molecule has 0 N–H and O–H groups in total. The van der Waals surface area contributed by atoms with Crippen molar-refractivity contribution >= 4 is 28.7 Å². The van der Waals surface area contributed by atoms with Crippen molar-refractivity contribution in [1.82, 2.24) is 9.80 Å². The number of benzene rings is 2. The van der Waals surface area contributed by atoms with E-state index in [2.05, 4.69) is 33.2 Å². The fraction of sp³-hybridized carbons (Fsp3) is 0.333. The summed E-state index contributed by atoms with van der Waals surface area (Å²) < 4.78 is 54.9. The molecule has 0 unspecified atom stereocenters. The number of nitrogens with zero attached hydrogens (tertiary/aromatic N) is 5. The molecule has 2 aliphatic heterocycles. The molecule has 0 spiro atoms. The molecule has 2 heterocycles. The van der Waals surface area contributed by atoms with E-state index in [4.69, 9.17) is 11.6 Å². The molecule has 196 valence electrons. The highest BCUT2D eigenvalue weighted by molar-refractivity contribution is 6.31. The lowest BCUT2D eigenvalue weighted by Gasteiger charge is -2.38. The van der Waals surface area contributed by atoms with Crippen molar-refractivity contribution in [2.45, 2.75) is 26.3 Å². The van der Waals surface area contributed by atoms with Crippen LogP contribution >= 0.6 is 11.6 Å². The first-order chi connectivity index (χ1) is 17.6. The van der Waals surface area contributed by atoms with Gasteiger partial charge >= 0.3 is 0 Å². The molecule has 10 heteroatoms. The highest BCUT2D eigenvalue weighted by Crippen LogP contribution is 2.28. The molecule has 0 amide bonds. The van der Waals surface area contributed by atoms with E-state index >= 15 is 4.39 Å². The predicted molar refractivity (Wildman–Crippen MR) is 141 cm³/mol. The van der Waals surface area contributed by atoms with E-state index in [0.717, 1.165) is 31.9 Å². The maximum atomic E-state index is 15.2. The number of rotatable bonds is 9. The van der Waals surface area contributed by atoms with E-state index in [-0.39, 0.29) is 23.7 Å². The van der Waals surface area contributed by atoms with Crippen molar-refractivity contribution in [3.05, 3.63) is 88.7 Å². The third kappa shape index (κ3) is 6.40. The third-order valence-corrected chi connectivity index (χ3v) is 6.82. The summed E-state index contributed by atoms with van der Waals surface area (Å²) in [5, 5.41) is 7.24. The monoisotopic (exact) mass is 533 g/mol. The Balaban J connectivity index is 1.52. The standard InChI is InChI=1S/C27H28ClF4N5/c1-17(2)36-10-8-35(9-11-36)15-18(3)37(21-6-7-23(29)22(28)13-21)16-20-5-4-19(12-24(20)30)25-14-26(27(31)32)34-33-25/h4-7,12-13,27H,1,3,8-11,14-16H2,2H3. The lowest BCUT2D eigenvalue weighted by molar-refractivity contribution is 0.169. The fourth-order valence-electron chi connectivity index (χ4n) is 4.34. The summed E-state index contributed by atoms with van der Waals surface area (Å²) in [6.45, 7) is 14.2. The van der Waals surface area contributed by atoms with Crippen LogP contribution in [0.15, 0.2) is 71.2 Å². The summed E-state index contributed by atoms with van der Waals surface area (Å²) in [4.78, 5) is 6.27. The molecule has 5 nitrogen and oxygen atoms in total. The average molecular weight is 534 g/mol. The van der Waals surface area contributed by atoms with Crippen LogP contribution in [-0.2, 0) is 6.54 Å². The molecular formula is C27H28ClF4N5. The second-order valence-corrected chi connectivity index (χ2v) is 9.58. The Morgan fingerprint density at radius 3 is 2.35 bits per heavy atom. The lowest BCUT2D eigenvalue weighted by Crippen LogP contribution is -2.46. The molecule has 1 fully saturated rings. The van der Waals surface area contributed by atoms with Crippen LogP contribution in [0.3, 0.4) is 0 Å². The Labute approximate surface area is 219 Å². The average Bonchev–Trinajstić information content (AvgIpc) is 3.36. The van der Waals surface area contributed by atoms with Crippen molar-refractivity contribution < 1.29 is 17.6 Å². The number of halogens is 5. The normalized spacial score (nSPS) is 16.1. The van der Waals surface area contributed by atoms with Gasteiger partial charge in [-0.1, -0.05) is 36.9 Å². The molecule has 37 heavy (non-hydrogen) atoms. The van der Waals surface area contributed by atoms with Crippen molar-refractivity contribution in [2.24, 2.45) is 10.2 Å². The highest BCUT2D eigenvalue weighted by atomic mass is 35.5. The number of anilines is 1. The Morgan fingerprint density at radius 1 is 1.03 bits per heavy atom. The van der Waals surface area contributed by atoms with Gasteiger partial charge in [-0.2, -0.15) is 10.2 Å². The first kappa shape index (κ1) is 26.9. The fourth-order valence-corrected chi connectivity index (χ4v) is 4.52. The van der Waals surface area contributed by atoms with Crippen molar-refractivity contribution in [1.29, 1.82) is 0 Å². The quantitative estimate of drug-likeness (QED) is 0.365. The zero-order chi connectivity index (χ0) is 26.7. The van der Waals surface area contributed by atoms with E-state index in [9.17, 15) is 13.2 Å². The Kier molecular flexibility index (Phi) is 8.34. The first-order valence-electron chi connectivity index (χ1n) is 11.9. The van der Waals surface area contributed by atoms with Gasteiger partial charge in [-0.15, -0.1) is 0 Å². The molecule has 0 bridgehead atoms. The summed E-state index contributed by atoms with van der Waals surface area (Å²) in [5.41, 5.74) is 3.01. The Hall–Kier alpha value is -3.17. The van der Waals surface area contributed by atoms with E-state index in [1.807, 2.05) is 6.92 Å². The lowest BCUT2D eigenvalue weighted by atomic mass is 10.0. The van der Waals surface area contributed by atoms with Gasteiger partial charge in [0, 0.05) is 67.4 Å². The second-order valence-electron chi connectivity index (χ2n) is 9.17. The van der Waals surface area contributed by atoms with E-state index < -0.39 is 18.1 Å². The van der Waals surface area contributed by atoms with Crippen LogP contribution in [-0.4, -0.2) is 60.4 Å². The summed E-state index contributed by atoms with van der Waals surface area (Å²) in [6, 6.07) is 8.83.